The van der Waals surface area contributed by atoms with E-state index in [9.17, 15) is 24.8 Å². The lowest BCUT2D eigenvalue weighted by atomic mass is 10.1. The van der Waals surface area contributed by atoms with Gasteiger partial charge in [-0.05, 0) is 43.2 Å². The number of carbonyl (C=O) groups is 2. The minimum absolute atomic E-state index is 0.0462. The van der Waals surface area contributed by atoms with E-state index in [1.807, 2.05) is 13.8 Å². The number of nitro groups is 1. The lowest BCUT2D eigenvalue weighted by Gasteiger charge is -2.22. The van der Waals surface area contributed by atoms with Crippen LogP contribution in [0.1, 0.15) is 35.6 Å². The lowest BCUT2D eigenvalue weighted by molar-refractivity contribution is -0.384. The number of rotatable bonds is 8. The number of ether oxygens (including phenoxy) is 1. The van der Waals surface area contributed by atoms with Gasteiger partial charge in [0.1, 0.15) is 11.9 Å². The van der Waals surface area contributed by atoms with Crippen molar-refractivity contribution in [2.75, 3.05) is 18.4 Å². The highest BCUT2D eigenvalue weighted by Gasteiger charge is 2.39. The summed E-state index contributed by atoms with van der Waals surface area (Å²) in [7, 11) is 0. The Morgan fingerprint density at radius 3 is 2.38 bits per heavy atom. The fourth-order valence-corrected chi connectivity index (χ4v) is 4.80. The second kappa shape index (κ2) is 11.8. The molecule has 0 spiro atoms. The minimum Gasteiger partial charge on any atom is -0.465 e. The molecule has 1 fully saturated rings. The number of likely N-dealkylation sites (tertiary alicyclic amines) is 1. The van der Waals surface area contributed by atoms with Gasteiger partial charge in [0.15, 0.2) is 0 Å². The standard InChI is InChI=1S/C26H25Cl2N5O6/c1-3-19-23(17-10-7-15(27)11-18(17)28)29-20(4-2)24(30-19)31-21-12-32(26(35)36)13-22(21)39-25(34)14-5-8-16(9-6-14)33(37)38/h5-11,21-22H,3-4,12-13H2,1-2H3,(H,30,31)(H,35,36)/t21-,22+/m1/s1. The highest BCUT2D eigenvalue weighted by molar-refractivity contribution is 6.36. The van der Waals surface area contributed by atoms with Gasteiger partial charge >= 0.3 is 12.1 Å². The van der Waals surface area contributed by atoms with Crippen LogP contribution in [-0.2, 0) is 17.6 Å². The number of anilines is 1. The Morgan fingerprint density at radius 1 is 1.10 bits per heavy atom. The number of halogens is 2. The average molecular weight is 574 g/mol. The Hall–Kier alpha value is -3.96. The fraction of sp³-hybridized carbons (Fsp3) is 0.308. The molecule has 2 heterocycles. The number of non-ortho nitro benzene ring substituents is 1. The van der Waals surface area contributed by atoms with Gasteiger partial charge in [0, 0.05) is 29.3 Å². The molecule has 13 heteroatoms. The highest BCUT2D eigenvalue weighted by atomic mass is 35.5. The van der Waals surface area contributed by atoms with Gasteiger partial charge in [0.2, 0.25) is 0 Å². The summed E-state index contributed by atoms with van der Waals surface area (Å²) in [6.45, 7) is 3.84. The number of amides is 1. The van der Waals surface area contributed by atoms with Gasteiger partial charge in [-0.25, -0.2) is 19.6 Å². The van der Waals surface area contributed by atoms with Crippen molar-refractivity contribution in [1.82, 2.24) is 14.9 Å². The monoisotopic (exact) mass is 573 g/mol. The first-order chi connectivity index (χ1) is 18.6. The minimum atomic E-state index is -1.15. The fourth-order valence-electron chi connectivity index (χ4n) is 4.30. The molecule has 3 aromatic rings. The first-order valence-electron chi connectivity index (χ1n) is 12.2. The summed E-state index contributed by atoms with van der Waals surface area (Å²) in [5.74, 6) is -0.269. The summed E-state index contributed by atoms with van der Waals surface area (Å²) in [5, 5.41) is 24.7. The number of nitrogens with zero attached hydrogens (tertiary/aromatic N) is 4. The van der Waals surface area contributed by atoms with Crippen LogP contribution in [-0.4, -0.2) is 62.2 Å². The zero-order valence-electron chi connectivity index (χ0n) is 21.1. The topological polar surface area (TPSA) is 148 Å². The van der Waals surface area contributed by atoms with Crippen LogP contribution in [0.5, 0.6) is 0 Å². The first-order valence-corrected chi connectivity index (χ1v) is 12.9. The molecule has 1 aliphatic rings. The van der Waals surface area contributed by atoms with Gasteiger partial charge in [-0.3, -0.25) is 10.1 Å². The van der Waals surface area contributed by atoms with E-state index in [4.69, 9.17) is 37.9 Å². The number of esters is 1. The molecule has 204 valence electrons. The second-order valence-corrected chi connectivity index (χ2v) is 9.68. The summed E-state index contributed by atoms with van der Waals surface area (Å²) >= 11 is 12.5. The molecule has 1 amide bonds. The van der Waals surface area contributed by atoms with Gasteiger partial charge in [-0.1, -0.05) is 37.0 Å². The lowest BCUT2D eigenvalue weighted by Crippen LogP contribution is -2.36. The van der Waals surface area contributed by atoms with Gasteiger partial charge in [0.05, 0.1) is 45.2 Å². The predicted octanol–water partition coefficient (Wildman–Crippen LogP) is 5.48. The van der Waals surface area contributed by atoms with Crippen molar-refractivity contribution in [3.05, 3.63) is 79.6 Å². The quantitative estimate of drug-likeness (QED) is 0.203. The molecule has 39 heavy (non-hydrogen) atoms. The maximum absolute atomic E-state index is 12.8. The van der Waals surface area contributed by atoms with Crippen molar-refractivity contribution in [3.63, 3.8) is 0 Å². The van der Waals surface area contributed by atoms with Gasteiger partial charge < -0.3 is 20.1 Å². The molecule has 1 saturated heterocycles. The molecule has 0 aliphatic carbocycles. The highest BCUT2D eigenvalue weighted by Crippen LogP contribution is 2.33. The van der Waals surface area contributed by atoms with Crippen LogP contribution in [0.2, 0.25) is 10.0 Å². The van der Waals surface area contributed by atoms with E-state index in [0.29, 0.717) is 51.4 Å². The second-order valence-electron chi connectivity index (χ2n) is 8.83. The number of aromatic nitrogens is 2. The zero-order chi connectivity index (χ0) is 28.3. The van der Waals surface area contributed by atoms with E-state index in [2.05, 4.69) is 5.32 Å². The van der Waals surface area contributed by atoms with Crippen LogP contribution in [0.4, 0.5) is 16.3 Å². The number of nitro benzene ring substituents is 1. The molecular formula is C26H25Cl2N5O6. The molecule has 11 nitrogen and oxygen atoms in total. The van der Waals surface area contributed by atoms with Crippen LogP contribution in [0.25, 0.3) is 11.3 Å². The Balaban J connectivity index is 1.62. The maximum atomic E-state index is 12.8. The van der Waals surface area contributed by atoms with E-state index >= 15 is 0 Å². The predicted molar refractivity (Wildman–Crippen MR) is 146 cm³/mol. The zero-order valence-corrected chi connectivity index (χ0v) is 22.6. The van der Waals surface area contributed by atoms with Gasteiger partial charge in [-0.2, -0.15) is 0 Å². The molecule has 0 saturated carbocycles. The summed E-state index contributed by atoms with van der Waals surface area (Å²) in [4.78, 5) is 45.6. The molecule has 2 atom stereocenters. The molecule has 2 aromatic carbocycles. The molecule has 4 rings (SSSR count). The van der Waals surface area contributed by atoms with Crippen molar-refractivity contribution >= 4 is 46.8 Å². The van der Waals surface area contributed by atoms with E-state index in [1.165, 1.54) is 24.3 Å². The average Bonchev–Trinajstić information content (AvgIpc) is 3.31. The number of nitrogens with one attached hydrogen (secondary N) is 1. The van der Waals surface area contributed by atoms with Crippen molar-refractivity contribution in [2.45, 2.75) is 38.8 Å². The maximum Gasteiger partial charge on any atom is 0.407 e. The smallest absolute Gasteiger partial charge is 0.407 e. The van der Waals surface area contributed by atoms with Crippen LogP contribution >= 0.6 is 23.2 Å². The number of hydrogen-bond acceptors (Lipinski definition) is 8. The van der Waals surface area contributed by atoms with E-state index in [1.54, 1.807) is 18.2 Å². The number of benzene rings is 2. The van der Waals surface area contributed by atoms with Crippen molar-refractivity contribution < 1.29 is 24.4 Å². The van der Waals surface area contributed by atoms with Crippen LogP contribution in [0.15, 0.2) is 42.5 Å². The number of carbonyl (C=O) groups excluding carboxylic acids is 1. The normalized spacial score (nSPS) is 16.7. The van der Waals surface area contributed by atoms with Gasteiger partial charge in [-0.15, -0.1) is 0 Å². The Bertz CT molecular complexity index is 1420. The molecule has 1 aromatic heterocycles. The van der Waals surface area contributed by atoms with Crippen molar-refractivity contribution in [2.24, 2.45) is 0 Å². The van der Waals surface area contributed by atoms with Crippen molar-refractivity contribution in [3.8, 4) is 11.3 Å². The summed E-state index contributed by atoms with van der Waals surface area (Å²) in [6.07, 6.45) is -0.935. The SMILES string of the molecule is CCc1nc(-c2ccc(Cl)cc2Cl)c(CC)nc1N[C@@H]1CN(C(=O)O)C[C@@H]1OC(=O)c1ccc([N+](=O)[O-])cc1. The largest absolute Gasteiger partial charge is 0.465 e. The number of aryl methyl sites for hydroxylation is 2. The third kappa shape index (κ3) is 6.21. The number of hydrogen-bond donors (Lipinski definition) is 2. The Kier molecular flexibility index (Phi) is 8.51. The Labute approximate surface area is 233 Å². The van der Waals surface area contributed by atoms with Crippen LogP contribution in [0.3, 0.4) is 0 Å². The number of carboxylic acid groups (broad SMARTS) is 1. The molecule has 0 bridgehead atoms. The molecule has 2 N–H and O–H groups in total. The summed E-state index contributed by atoms with van der Waals surface area (Å²) in [6, 6.07) is 9.53. The van der Waals surface area contributed by atoms with Crippen LogP contribution < -0.4 is 5.32 Å². The third-order valence-electron chi connectivity index (χ3n) is 6.33. The molecule has 0 radical (unpaired) electrons. The molecule has 0 unspecified atom stereocenters. The molecular weight excluding hydrogens is 549 g/mol. The van der Waals surface area contributed by atoms with Crippen LogP contribution in [0, 0.1) is 10.1 Å². The third-order valence-corrected chi connectivity index (χ3v) is 6.88. The van der Waals surface area contributed by atoms with E-state index in [-0.39, 0.29) is 24.3 Å². The van der Waals surface area contributed by atoms with Crippen molar-refractivity contribution in [1.29, 1.82) is 0 Å². The Morgan fingerprint density at radius 2 is 1.79 bits per heavy atom. The van der Waals surface area contributed by atoms with Gasteiger partial charge in [0.25, 0.3) is 5.69 Å². The first kappa shape index (κ1) is 28.1. The summed E-state index contributed by atoms with van der Waals surface area (Å²) in [5.41, 5.74) is 2.57. The molecule has 1 aliphatic heterocycles. The van der Waals surface area contributed by atoms with E-state index < -0.39 is 29.1 Å². The summed E-state index contributed by atoms with van der Waals surface area (Å²) < 4.78 is 5.66. The van der Waals surface area contributed by atoms with E-state index in [0.717, 1.165) is 4.90 Å².